The fourth-order valence-corrected chi connectivity index (χ4v) is 2.32. The van der Waals surface area contributed by atoms with Crippen molar-refractivity contribution >= 4 is 0 Å². The van der Waals surface area contributed by atoms with Crippen molar-refractivity contribution in [2.45, 2.75) is 33.2 Å². The van der Waals surface area contributed by atoms with Gasteiger partial charge in [0.15, 0.2) is 0 Å². The maximum Gasteiger partial charge on any atom is 0.0343 e. The summed E-state index contributed by atoms with van der Waals surface area (Å²) in [4.78, 5) is 0. The second kappa shape index (κ2) is 5.92. The van der Waals surface area contributed by atoms with E-state index in [2.05, 4.69) is 63.5 Å². The second-order valence-electron chi connectivity index (χ2n) is 4.78. The fraction of sp³-hybridized carbons (Fsp3) is 0.571. The second-order valence-corrected chi connectivity index (χ2v) is 4.78. The highest BCUT2D eigenvalue weighted by atomic mass is 14.9. The molecule has 1 nitrogen and oxygen atoms in total. The van der Waals surface area contributed by atoms with Gasteiger partial charge in [0.1, 0.15) is 0 Å². The molecule has 0 aliphatic carbocycles. The molecule has 84 valence electrons. The first-order valence-corrected chi connectivity index (χ1v) is 5.87. The number of hydrogen-bond donors (Lipinski definition) is 1. The van der Waals surface area contributed by atoms with Crippen LogP contribution in [0.4, 0.5) is 0 Å². The molecule has 0 heterocycles. The third kappa shape index (κ3) is 3.67. The quantitative estimate of drug-likeness (QED) is 0.774. The third-order valence-electron chi connectivity index (χ3n) is 2.88. The Morgan fingerprint density at radius 1 is 1.07 bits per heavy atom. The highest BCUT2D eigenvalue weighted by Gasteiger charge is 2.17. The van der Waals surface area contributed by atoms with Gasteiger partial charge in [-0.05, 0) is 30.9 Å². The Kier molecular flexibility index (Phi) is 4.83. The Bertz CT molecular complexity index is 266. The predicted octanol–water partition coefficient (Wildman–Crippen LogP) is 3.63. The molecule has 0 aromatic heterocycles. The zero-order chi connectivity index (χ0) is 11.3. The van der Waals surface area contributed by atoms with Gasteiger partial charge in [0.25, 0.3) is 0 Å². The molecular formula is C14H23N. The summed E-state index contributed by atoms with van der Waals surface area (Å²) in [6.07, 6.45) is 1.26. The Balaban J connectivity index is 2.71. The smallest absolute Gasteiger partial charge is 0.0343 e. The van der Waals surface area contributed by atoms with E-state index in [4.69, 9.17) is 0 Å². The van der Waals surface area contributed by atoms with Crippen molar-refractivity contribution in [3.8, 4) is 0 Å². The minimum atomic E-state index is 0.480. The highest BCUT2D eigenvalue weighted by Crippen LogP contribution is 2.26. The van der Waals surface area contributed by atoms with Gasteiger partial charge >= 0.3 is 0 Å². The molecule has 1 N–H and O–H groups in total. The zero-order valence-electron chi connectivity index (χ0n) is 10.3. The topological polar surface area (TPSA) is 12.0 Å². The molecule has 1 heteroatoms. The zero-order valence-corrected chi connectivity index (χ0v) is 10.3. The molecule has 0 aliphatic rings. The molecule has 0 amide bonds. The van der Waals surface area contributed by atoms with Crippen molar-refractivity contribution in [1.29, 1.82) is 0 Å². The van der Waals surface area contributed by atoms with Crippen molar-refractivity contribution in [2.75, 3.05) is 7.05 Å². The van der Waals surface area contributed by atoms with Crippen molar-refractivity contribution in [3.05, 3.63) is 35.9 Å². The molecule has 1 aromatic carbocycles. The number of nitrogens with one attached hydrogen (secondary N) is 1. The van der Waals surface area contributed by atoms with Gasteiger partial charge in [-0.25, -0.2) is 0 Å². The van der Waals surface area contributed by atoms with Gasteiger partial charge in [-0.15, -0.1) is 0 Å². The molecular weight excluding hydrogens is 182 g/mol. The Morgan fingerprint density at radius 2 is 1.67 bits per heavy atom. The summed E-state index contributed by atoms with van der Waals surface area (Å²) in [7, 11) is 2.05. The monoisotopic (exact) mass is 205 g/mol. The van der Waals surface area contributed by atoms with Crippen LogP contribution in [-0.4, -0.2) is 7.05 Å². The molecule has 2 atom stereocenters. The molecule has 0 bridgehead atoms. The van der Waals surface area contributed by atoms with Gasteiger partial charge in [0.05, 0.1) is 0 Å². The molecule has 2 unspecified atom stereocenters. The highest BCUT2D eigenvalue weighted by molar-refractivity contribution is 5.19. The van der Waals surface area contributed by atoms with Crippen molar-refractivity contribution in [2.24, 2.45) is 11.8 Å². The summed E-state index contributed by atoms with van der Waals surface area (Å²) in [6.45, 7) is 6.90. The average molecular weight is 205 g/mol. The summed E-state index contributed by atoms with van der Waals surface area (Å²) in [5.41, 5.74) is 1.40. The first-order chi connectivity index (χ1) is 7.15. The number of hydrogen-bond acceptors (Lipinski definition) is 1. The van der Waals surface area contributed by atoms with Crippen molar-refractivity contribution < 1.29 is 0 Å². The summed E-state index contributed by atoms with van der Waals surface area (Å²) >= 11 is 0. The largest absolute Gasteiger partial charge is 0.313 e. The van der Waals surface area contributed by atoms with E-state index in [1.807, 2.05) is 0 Å². The van der Waals surface area contributed by atoms with E-state index < -0.39 is 0 Å². The maximum atomic E-state index is 3.42. The Labute approximate surface area is 93.9 Å². The van der Waals surface area contributed by atoms with Gasteiger partial charge in [-0.2, -0.15) is 0 Å². The molecule has 1 rings (SSSR count). The van der Waals surface area contributed by atoms with E-state index in [1.54, 1.807) is 0 Å². The molecule has 0 spiro atoms. The van der Waals surface area contributed by atoms with Gasteiger partial charge in [-0.1, -0.05) is 51.1 Å². The summed E-state index contributed by atoms with van der Waals surface area (Å²) in [5, 5.41) is 3.42. The first kappa shape index (κ1) is 12.3. The molecule has 0 fully saturated rings. The molecule has 0 saturated carbocycles. The van der Waals surface area contributed by atoms with Crippen molar-refractivity contribution in [1.82, 2.24) is 5.32 Å². The standard InChI is InChI=1S/C14H23N/c1-11(2)10-12(3)14(15-4)13-8-6-5-7-9-13/h5-9,11-12,14-15H,10H2,1-4H3. The lowest BCUT2D eigenvalue weighted by Crippen LogP contribution is -2.24. The Hall–Kier alpha value is -0.820. The molecule has 15 heavy (non-hydrogen) atoms. The van der Waals surface area contributed by atoms with E-state index in [9.17, 15) is 0 Å². The van der Waals surface area contributed by atoms with Crippen LogP contribution < -0.4 is 5.32 Å². The van der Waals surface area contributed by atoms with E-state index in [0.717, 1.165) is 5.92 Å². The molecule has 0 saturated heterocycles. The number of rotatable bonds is 5. The van der Waals surface area contributed by atoms with Crippen LogP contribution in [0.15, 0.2) is 30.3 Å². The Morgan fingerprint density at radius 3 is 2.13 bits per heavy atom. The SMILES string of the molecule is CNC(c1ccccc1)C(C)CC(C)C. The third-order valence-corrected chi connectivity index (χ3v) is 2.88. The van der Waals surface area contributed by atoms with E-state index in [0.29, 0.717) is 12.0 Å². The van der Waals surface area contributed by atoms with Crippen LogP contribution >= 0.6 is 0 Å². The van der Waals surface area contributed by atoms with Crippen LogP contribution in [0.3, 0.4) is 0 Å². The van der Waals surface area contributed by atoms with Crippen LogP contribution in [0.25, 0.3) is 0 Å². The van der Waals surface area contributed by atoms with E-state index in [1.165, 1.54) is 12.0 Å². The summed E-state index contributed by atoms with van der Waals surface area (Å²) in [6, 6.07) is 11.2. The normalized spacial score (nSPS) is 15.3. The van der Waals surface area contributed by atoms with Gasteiger partial charge < -0.3 is 5.32 Å². The maximum absolute atomic E-state index is 3.42. The fourth-order valence-electron chi connectivity index (χ4n) is 2.32. The van der Waals surface area contributed by atoms with Crippen molar-refractivity contribution in [3.63, 3.8) is 0 Å². The summed E-state index contributed by atoms with van der Waals surface area (Å²) < 4.78 is 0. The lowest BCUT2D eigenvalue weighted by Gasteiger charge is -2.25. The van der Waals surface area contributed by atoms with Gasteiger partial charge in [-0.3, -0.25) is 0 Å². The van der Waals surface area contributed by atoms with E-state index >= 15 is 0 Å². The van der Waals surface area contributed by atoms with Gasteiger partial charge in [0, 0.05) is 6.04 Å². The van der Waals surface area contributed by atoms with Crippen LogP contribution in [0.1, 0.15) is 38.8 Å². The number of benzene rings is 1. The molecule has 0 radical (unpaired) electrons. The first-order valence-electron chi connectivity index (χ1n) is 5.87. The van der Waals surface area contributed by atoms with Crippen LogP contribution in [0.2, 0.25) is 0 Å². The van der Waals surface area contributed by atoms with Gasteiger partial charge in [0.2, 0.25) is 0 Å². The lowest BCUT2D eigenvalue weighted by atomic mass is 9.88. The predicted molar refractivity (Wildman–Crippen MR) is 66.9 cm³/mol. The minimum absolute atomic E-state index is 0.480. The minimum Gasteiger partial charge on any atom is -0.313 e. The lowest BCUT2D eigenvalue weighted by molar-refractivity contribution is 0.343. The van der Waals surface area contributed by atoms with E-state index in [-0.39, 0.29) is 0 Å². The van der Waals surface area contributed by atoms with Crippen LogP contribution in [0.5, 0.6) is 0 Å². The summed E-state index contributed by atoms with van der Waals surface area (Å²) in [5.74, 6) is 1.44. The molecule has 1 aromatic rings. The average Bonchev–Trinajstić information content (AvgIpc) is 2.19. The van der Waals surface area contributed by atoms with Crippen LogP contribution in [-0.2, 0) is 0 Å². The van der Waals surface area contributed by atoms with Crippen LogP contribution in [0, 0.1) is 11.8 Å². The molecule has 0 aliphatic heterocycles.